The van der Waals surface area contributed by atoms with Gasteiger partial charge in [0.25, 0.3) is 5.56 Å². The Morgan fingerprint density at radius 3 is 2.06 bits per heavy atom. The highest BCUT2D eigenvalue weighted by atomic mass is 16.6. The van der Waals surface area contributed by atoms with Crippen LogP contribution in [0.4, 0.5) is 0 Å². The highest BCUT2D eigenvalue weighted by molar-refractivity contribution is 5.49. The van der Waals surface area contributed by atoms with E-state index in [0.717, 1.165) is 16.7 Å². The van der Waals surface area contributed by atoms with Crippen LogP contribution in [0.25, 0.3) is 0 Å². The predicted molar refractivity (Wildman–Crippen MR) is 178 cm³/mol. The smallest absolute Gasteiger partial charge is 0.330 e. The number of H-pyrrole nitrogens is 1. The number of rotatable bonds is 16. The number of nitrogens with zero attached hydrogens (tertiary/aromatic N) is 1. The van der Waals surface area contributed by atoms with Crippen LogP contribution in [0.1, 0.15) is 35.8 Å². The summed E-state index contributed by atoms with van der Waals surface area (Å²) in [6.07, 6.45) is 3.78. The van der Waals surface area contributed by atoms with E-state index in [4.69, 9.17) is 34.8 Å². The first-order valence-electron chi connectivity index (χ1n) is 15.7. The average Bonchev–Trinajstić information content (AvgIpc) is 3.43. The molecule has 2 N–H and O–H groups in total. The molecular formula is C37H40N2O9. The summed E-state index contributed by atoms with van der Waals surface area (Å²) in [5.74, 6) is 3.79. The maximum Gasteiger partial charge on any atom is 0.330 e. The van der Waals surface area contributed by atoms with Crippen molar-refractivity contribution in [2.24, 2.45) is 0 Å². The van der Waals surface area contributed by atoms with Gasteiger partial charge < -0.3 is 33.5 Å². The Hall–Kier alpha value is -4.70. The quantitative estimate of drug-likeness (QED) is 0.106. The molecule has 4 unspecified atom stereocenters. The van der Waals surface area contributed by atoms with Crippen LogP contribution in [0.3, 0.4) is 0 Å². The lowest BCUT2D eigenvalue weighted by molar-refractivity contribution is -0.0983. The Labute approximate surface area is 279 Å². The minimum Gasteiger partial charge on any atom is -0.497 e. The molecule has 1 aromatic heterocycles. The molecule has 48 heavy (non-hydrogen) atoms. The minimum absolute atomic E-state index is 0.0947. The molecule has 4 atom stereocenters. The van der Waals surface area contributed by atoms with Crippen molar-refractivity contribution in [2.75, 3.05) is 40.6 Å². The summed E-state index contributed by atoms with van der Waals surface area (Å²) < 4.78 is 36.8. The SMILES string of the molecule is C#CCOCCCCOC1C(O)C(COC(c2ccccc2)(c2ccc(OC)cc2)c2ccc(OC)cc2)OC1n1ccc(=O)[nH]c1=O. The van der Waals surface area contributed by atoms with Gasteiger partial charge in [0.15, 0.2) is 6.23 Å². The van der Waals surface area contributed by atoms with E-state index >= 15 is 0 Å². The fraction of sp³-hybridized carbons (Fsp3) is 0.351. The molecule has 4 aromatic rings. The van der Waals surface area contributed by atoms with Gasteiger partial charge in [-0.25, -0.2) is 4.79 Å². The maximum atomic E-state index is 12.8. The molecule has 0 radical (unpaired) electrons. The van der Waals surface area contributed by atoms with Crippen LogP contribution in [0.15, 0.2) is 101 Å². The molecule has 252 valence electrons. The number of aromatic nitrogens is 2. The zero-order valence-corrected chi connectivity index (χ0v) is 27.0. The number of unbranched alkanes of at least 4 members (excludes halogenated alkanes) is 1. The van der Waals surface area contributed by atoms with Gasteiger partial charge in [-0.15, -0.1) is 6.42 Å². The molecule has 11 heteroatoms. The number of hydrogen-bond donors (Lipinski definition) is 2. The Kier molecular flexibility index (Phi) is 11.8. The zero-order valence-electron chi connectivity index (χ0n) is 27.0. The molecule has 1 aliphatic rings. The van der Waals surface area contributed by atoms with Crippen LogP contribution >= 0.6 is 0 Å². The molecule has 1 aliphatic heterocycles. The number of terminal acetylenes is 1. The van der Waals surface area contributed by atoms with Crippen molar-refractivity contribution in [3.05, 3.63) is 129 Å². The zero-order chi connectivity index (χ0) is 33.9. The van der Waals surface area contributed by atoms with Crippen molar-refractivity contribution in [3.8, 4) is 23.8 Å². The Morgan fingerprint density at radius 2 is 1.48 bits per heavy atom. The van der Waals surface area contributed by atoms with E-state index in [2.05, 4.69) is 10.9 Å². The largest absolute Gasteiger partial charge is 0.497 e. The second kappa shape index (κ2) is 16.4. The first-order chi connectivity index (χ1) is 23.4. The van der Waals surface area contributed by atoms with Crippen molar-refractivity contribution in [3.63, 3.8) is 0 Å². The van der Waals surface area contributed by atoms with Crippen molar-refractivity contribution in [1.29, 1.82) is 0 Å². The number of hydrogen-bond acceptors (Lipinski definition) is 9. The molecule has 2 heterocycles. The van der Waals surface area contributed by atoms with Gasteiger partial charge in [-0.1, -0.05) is 60.5 Å². The van der Waals surface area contributed by atoms with Crippen LogP contribution in [0.5, 0.6) is 11.5 Å². The molecule has 5 rings (SSSR count). The van der Waals surface area contributed by atoms with Crippen molar-refractivity contribution < 1.29 is 33.5 Å². The third kappa shape index (κ3) is 7.71. The van der Waals surface area contributed by atoms with Gasteiger partial charge in [-0.05, 0) is 53.8 Å². The topological polar surface area (TPSA) is 130 Å². The van der Waals surface area contributed by atoms with Crippen LogP contribution in [0, 0.1) is 12.3 Å². The maximum absolute atomic E-state index is 12.8. The molecule has 0 spiro atoms. The van der Waals surface area contributed by atoms with E-state index in [1.165, 1.54) is 16.8 Å². The first kappa shape index (κ1) is 34.6. The third-order valence-corrected chi connectivity index (χ3v) is 8.25. The average molecular weight is 657 g/mol. The number of nitrogens with one attached hydrogen (secondary N) is 1. The fourth-order valence-electron chi connectivity index (χ4n) is 5.83. The van der Waals surface area contributed by atoms with Crippen molar-refractivity contribution in [2.45, 2.75) is 43.0 Å². The highest BCUT2D eigenvalue weighted by Crippen LogP contribution is 2.43. The lowest BCUT2D eigenvalue weighted by Crippen LogP contribution is -2.41. The molecular weight excluding hydrogens is 616 g/mol. The summed E-state index contributed by atoms with van der Waals surface area (Å²) in [5, 5.41) is 11.6. The summed E-state index contributed by atoms with van der Waals surface area (Å²) in [6.45, 7) is 0.863. The van der Waals surface area contributed by atoms with Gasteiger partial charge in [-0.2, -0.15) is 0 Å². The number of aromatic amines is 1. The van der Waals surface area contributed by atoms with Gasteiger partial charge in [0.05, 0.1) is 20.8 Å². The number of benzene rings is 3. The summed E-state index contributed by atoms with van der Waals surface area (Å²) in [7, 11) is 3.21. The summed E-state index contributed by atoms with van der Waals surface area (Å²) in [6, 6.07) is 26.1. The molecule has 0 aliphatic carbocycles. The lowest BCUT2D eigenvalue weighted by Gasteiger charge is -2.37. The lowest BCUT2D eigenvalue weighted by atomic mass is 9.80. The first-order valence-corrected chi connectivity index (χ1v) is 15.7. The van der Waals surface area contributed by atoms with Gasteiger partial charge in [0.1, 0.15) is 42.0 Å². The van der Waals surface area contributed by atoms with Crippen molar-refractivity contribution in [1.82, 2.24) is 9.55 Å². The Balaban J connectivity index is 1.48. The van der Waals surface area contributed by atoms with E-state index in [9.17, 15) is 14.7 Å². The van der Waals surface area contributed by atoms with Crippen LogP contribution in [-0.2, 0) is 24.5 Å². The van der Waals surface area contributed by atoms with E-state index in [0.29, 0.717) is 30.9 Å². The molecule has 11 nitrogen and oxygen atoms in total. The van der Waals surface area contributed by atoms with Crippen LogP contribution in [-0.4, -0.2) is 73.6 Å². The third-order valence-electron chi connectivity index (χ3n) is 8.25. The number of methoxy groups -OCH3 is 2. The number of aliphatic hydroxyl groups excluding tert-OH is 1. The molecule has 0 amide bonds. The Bertz CT molecular complexity index is 1700. The van der Waals surface area contributed by atoms with Gasteiger partial charge in [0.2, 0.25) is 0 Å². The molecule has 1 saturated heterocycles. The highest BCUT2D eigenvalue weighted by Gasteiger charge is 2.48. The second-order valence-corrected chi connectivity index (χ2v) is 11.2. The molecule has 3 aromatic carbocycles. The molecule has 0 saturated carbocycles. The summed E-state index contributed by atoms with van der Waals surface area (Å²) in [4.78, 5) is 26.9. The van der Waals surface area contributed by atoms with E-state index in [1.807, 2.05) is 78.9 Å². The number of aliphatic hydroxyl groups is 1. The van der Waals surface area contributed by atoms with E-state index in [1.54, 1.807) is 14.2 Å². The minimum atomic E-state index is -1.19. The van der Waals surface area contributed by atoms with Crippen LogP contribution < -0.4 is 20.7 Å². The van der Waals surface area contributed by atoms with Gasteiger partial charge >= 0.3 is 5.69 Å². The van der Waals surface area contributed by atoms with E-state index < -0.39 is 41.4 Å². The molecule has 0 bridgehead atoms. The van der Waals surface area contributed by atoms with Gasteiger partial charge in [-0.3, -0.25) is 14.3 Å². The predicted octanol–water partition coefficient (Wildman–Crippen LogP) is 3.64. The number of ether oxygens (including phenoxy) is 6. The van der Waals surface area contributed by atoms with Crippen molar-refractivity contribution >= 4 is 0 Å². The van der Waals surface area contributed by atoms with Gasteiger partial charge in [0, 0.05) is 25.5 Å². The standard InChI is InChI=1S/C37H40N2O9/c1-4-22-45-23-8-9-24-46-34-33(41)31(48-35(34)39-21-20-32(40)38-36(39)42)25-47-37(26-10-6-5-7-11-26,27-12-16-29(43-2)17-13-27)28-14-18-30(44-3)19-15-28/h1,5-7,10-21,31,33-35,41H,8-9,22-25H2,2-3H3,(H,38,40,42). The second-order valence-electron chi connectivity index (χ2n) is 11.2. The summed E-state index contributed by atoms with van der Waals surface area (Å²) in [5.41, 5.74) is 0.0464. The normalized spacial score (nSPS) is 19.1. The summed E-state index contributed by atoms with van der Waals surface area (Å²) >= 11 is 0. The Morgan fingerprint density at radius 1 is 0.875 bits per heavy atom. The van der Waals surface area contributed by atoms with Crippen LogP contribution in [0.2, 0.25) is 0 Å². The van der Waals surface area contributed by atoms with E-state index in [-0.39, 0.29) is 19.8 Å². The fourth-order valence-corrected chi connectivity index (χ4v) is 5.83. The monoisotopic (exact) mass is 656 g/mol. The molecule has 1 fully saturated rings.